The Balaban J connectivity index is 2.90. The molecule has 4 nitrogen and oxygen atoms in total. The summed E-state index contributed by atoms with van der Waals surface area (Å²) in [7, 11) is -0.197. The lowest BCUT2D eigenvalue weighted by molar-refractivity contribution is 0.224. The third-order valence-corrected chi connectivity index (χ3v) is 2.17. The molecule has 0 bridgehead atoms. The van der Waals surface area contributed by atoms with Crippen molar-refractivity contribution in [3.05, 3.63) is 0 Å². The van der Waals surface area contributed by atoms with E-state index in [1.54, 1.807) is 0 Å². The van der Waals surface area contributed by atoms with E-state index in [0.29, 0.717) is 6.61 Å². The van der Waals surface area contributed by atoms with Crippen LogP contribution in [0.2, 0.25) is 0 Å². The normalized spacial score (nSPS) is 13.2. The standard InChI is InChI=1S/C7H18NO3P/c1-10-12(9)11-7-5-3-2-4-6-8/h9H,2-8H2,1H3. The molecule has 1 atom stereocenters. The summed E-state index contributed by atoms with van der Waals surface area (Å²) in [6, 6.07) is 0. The summed E-state index contributed by atoms with van der Waals surface area (Å²) in [6.07, 6.45) is 4.27. The average molecular weight is 195 g/mol. The molecule has 0 spiro atoms. The predicted molar refractivity (Wildman–Crippen MR) is 49.6 cm³/mol. The highest BCUT2D eigenvalue weighted by atomic mass is 31.2. The van der Waals surface area contributed by atoms with Crippen molar-refractivity contribution in [1.29, 1.82) is 0 Å². The van der Waals surface area contributed by atoms with Gasteiger partial charge in [-0.05, 0) is 19.4 Å². The molecule has 0 saturated carbocycles. The van der Waals surface area contributed by atoms with Crippen molar-refractivity contribution in [1.82, 2.24) is 0 Å². The molecule has 0 aliphatic rings. The van der Waals surface area contributed by atoms with E-state index in [4.69, 9.17) is 15.2 Å². The first-order valence-corrected chi connectivity index (χ1v) is 5.30. The van der Waals surface area contributed by atoms with Gasteiger partial charge in [-0.1, -0.05) is 12.8 Å². The monoisotopic (exact) mass is 195 g/mol. The number of unbranched alkanes of at least 4 members (excludes halogenated alkanes) is 3. The molecule has 12 heavy (non-hydrogen) atoms. The highest BCUT2D eigenvalue weighted by Gasteiger charge is 2.01. The molecule has 0 amide bonds. The molecule has 0 aromatic rings. The van der Waals surface area contributed by atoms with E-state index in [2.05, 4.69) is 4.52 Å². The van der Waals surface area contributed by atoms with Crippen molar-refractivity contribution < 1.29 is 13.9 Å². The van der Waals surface area contributed by atoms with E-state index in [0.717, 1.165) is 32.2 Å². The third-order valence-electron chi connectivity index (χ3n) is 1.46. The van der Waals surface area contributed by atoms with Gasteiger partial charge in [0, 0.05) is 7.11 Å². The molecule has 74 valence electrons. The SMILES string of the molecule is COP(O)OCCCCCCN. The summed E-state index contributed by atoms with van der Waals surface area (Å²) in [5, 5.41) is 0. The molecule has 0 radical (unpaired) electrons. The Hall–Kier alpha value is 0.270. The van der Waals surface area contributed by atoms with E-state index < -0.39 is 8.60 Å². The van der Waals surface area contributed by atoms with Crippen LogP contribution < -0.4 is 5.73 Å². The van der Waals surface area contributed by atoms with Crippen LogP contribution in [0.15, 0.2) is 0 Å². The van der Waals surface area contributed by atoms with Gasteiger partial charge in [0.2, 0.25) is 0 Å². The lowest BCUT2D eigenvalue weighted by Crippen LogP contribution is -1.98. The molecule has 0 saturated heterocycles. The Bertz CT molecular complexity index is 94.7. The summed E-state index contributed by atoms with van der Waals surface area (Å²) in [5.74, 6) is 0. The van der Waals surface area contributed by atoms with Gasteiger partial charge in [-0.15, -0.1) is 0 Å². The van der Waals surface area contributed by atoms with Crippen molar-refractivity contribution in [3.8, 4) is 0 Å². The summed E-state index contributed by atoms with van der Waals surface area (Å²) in [5.41, 5.74) is 5.32. The molecular formula is C7H18NO3P. The molecule has 0 aliphatic carbocycles. The van der Waals surface area contributed by atoms with Crippen molar-refractivity contribution in [2.45, 2.75) is 25.7 Å². The quantitative estimate of drug-likeness (QED) is 0.453. The Kier molecular flexibility index (Phi) is 9.57. The van der Waals surface area contributed by atoms with Crippen molar-refractivity contribution in [2.75, 3.05) is 20.3 Å². The highest BCUT2D eigenvalue weighted by molar-refractivity contribution is 7.40. The lowest BCUT2D eigenvalue weighted by Gasteiger charge is -2.06. The largest absolute Gasteiger partial charge is 0.330 e. The molecule has 0 aromatic heterocycles. The maximum Gasteiger partial charge on any atom is 0.329 e. The second-order valence-electron chi connectivity index (χ2n) is 2.46. The van der Waals surface area contributed by atoms with E-state index in [1.165, 1.54) is 7.11 Å². The molecule has 0 aliphatic heterocycles. The number of nitrogens with two attached hydrogens (primary N) is 1. The number of hydrogen-bond acceptors (Lipinski definition) is 4. The van der Waals surface area contributed by atoms with Crippen molar-refractivity contribution >= 4 is 8.60 Å². The fourth-order valence-corrected chi connectivity index (χ4v) is 1.19. The fourth-order valence-electron chi connectivity index (χ4n) is 0.795. The molecule has 0 fully saturated rings. The highest BCUT2D eigenvalue weighted by Crippen LogP contribution is 2.31. The van der Waals surface area contributed by atoms with E-state index in [1.807, 2.05) is 0 Å². The molecule has 0 aromatic carbocycles. The van der Waals surface area contributed by atoms with Crippen LogP contribution in [0.25, 0.3) is 0 Å². The fraction of sp³-hybridized carbons (Fsp3) is 1.00. The third kappa shape index (κ3) is 8.37. The van der Waals surface area contributed by atoms with Gasteiger partial charge in [-0.3, -0.25) is 0 Å². The minimum absolute atomic E-state index is 0.570. The first kappa shape index (κ1) is 12.3. The van der Waals surface area contributed by atoms with Gasteiger partial charge in [-0.25, -0.2) is 0 Å². The van der Waals surface area contributed by atoms with E-state index in [9.17, 15) is 0 Å². The second kappa shape index (κ2) is 9.36. The van der Waals surface area contributed by atoms with Gasteiger partial charge >= 0.3 is 8.60 Å². The zero-order valence-electron chi connectivity index (χ0n) is 7.53. The predicted octanol–water partition coefficient (Wildman–Crippen LogP) is 1.39. The van der Waals surface area contributed by atoms with Crippen LogP contribution in [0.5, 0.6) is 0 Å². The van der Waals surface area contributed by atoms with Crippen LogP contribution in [0.3, 0.4) is 0 Å². The van der Waals surface area contributed by atoms with E-state index >= 15 is 0 Å². The van der Waals surface area contributed by atoms with Gasteiger partial charge in [0.05, 0.1) is 6.61 Å². The number of rotatable bonds is 8. The van der Waals surface area contributed by atoms with Crippen LogP contribution in [0.4, 0.5) is 0 Å². The summed E-state index contributed by atoms with van der Waals surface area (Å²) < 4.78 is 9.49. The topological polar surface area (TPSA) is 64.7 Å². The zero-order valence-corrected chi connectivity index (χ0v) is 8.43. The van der Waals surface area contributed by atoms with Gasteiger partial charge in [0.15, 0.2) is 0 Å². The van der Waals surface area contributed by atoms with Crippen LogP contribution >= 0.6 is 8.60 Å². The van der Waals surface area contributed by atoms with Gasteiger partial charge in [-0.2, -0.15) is 0 Å². The number of hydrogen-bond donors (Lipinski definition) is 2. The molecule has 1 unspecified atom stereocenters. The Morgan fingerprint density at radius 2 is 1.92 bits per heavy atom. The molecular weight excluding hydrogens is 177 g/mol. The van der Waals surface area contributed by atoms with Gasteiger partial charge < -0.3 is 19.7 Å². The van der Waals surface area contributed by atoms with Crippen LogP contribution in [-0.2, 0) is 9.05 Å². The maximum absolute atomic E-state index is 8.86. The zero-order chi connectivity index (χ0) is 9.23. The van der Waals surface area contributed by atoms with Crippen LogP contribution in [0.1, 0.15) is 25.7 Å². The molecule has 5 heteroatoms. The lowest BCUT2D eigenvalue weighted by atomic mass is 10.2. The first-order chi connectivity index (χ1) is 5.81. The molecule has 3 N–H and O–H groups in total. The van der Waals surface area contributed by atoms with Gasteiger partial charge in [0.1, 0.15) is 0 Å². The minimum atomic E-state index is -1.63. The molecule has 0 heterocycles. The van der Waals surface area contributed by atoms with Crippen molar-refractivity contribution in [3.63, 3.8) is 0 Å². The van der Waals surface area contributed by atoms with Gasteiger partial charge in [0.25, 0.3) is 0 Å². The smallest absolute Gasteiger partial charge is 0.329 e. The Morgan fingerprint density at radius 3 is 2.50 bits per heavy atom. The Morgan fingerprint density at radius 1 is 1.25 bits per heavy atom. The second-order valence-corrected chi connectivity index (χ2v) is 3.56. The van der Waals surface area contributed by atoms with Crippen molar-refractivity contribution in [2.24, 2.45) is 5.73 Å². The van der Waals surface area contributed by atoms with E-state index in [-0.39, 0.29) is 0 Å². The summed E-state index contributed by atoms with van der Waals surface area (Å²) >= 11 is 0. The summed E-state index contributed by atoms with van der Waals surface area (Å²) in [4.78, 5) is 8.86. The minimum Gasteiger partial charge on any atom is -0.330 e. The first-order valence-electron chi connectivity index (χ1n) is 4.17. The van der Waals surface area contributed by atoms with Crippen LogP contribution in [-0.4, -0.2) is 25.2 Å². The average Bonchev–Trinajstić information content (AvgIpc) is 2.10. The van der Waals surface area contributed by atoms with Crippen LogP contribution in [0, 0.1) is 0 Å². The summed E-state index contributed by atoms with van der Waals surface area (Å²) in [6.45, 7) is 1.33. The molecule has 0 rings (SSSR count). The maximum atomic E-state index is 8.86. The Labute approximate surface area is 75.0 Å².